The van der Waals surface area contributed by atoms with Gasteiger partial charge in [0.1, 0.15) is 11.8 Å². The van der Waals surface area contributed by atoms with Crippen molar-refractivity contribution in [2.75, 3.05) is 13.2 Å². The maximum Gasteiger partial charge on any atom is 0.261 e. The third-order valence-corrected chi connectivity index (χ3v) is 5.37. The summed E-state index contributed by atoms with van der Waals surface area (Å²) >= 11 is 0. The van der Waals surface area contributed by atoms with E-state index in [1.807, 2.05) is 69.3 Å². The van der Waals surface area contributed by atoms with Crippen LogP contribution in [0.3, 0.4) is 0 Å². The molecule has 0 heterocycles. The van der Waals surface area contributed by atoms with Gasteiger partial charge in [-0.2, -0.15) is 0 Å². The number of carbonyl (C=O) groups is 2. The van der Waals surface area contributed by atoms with Crippen molar-refractivity contribution < 1.29 is 14.3 Å². The first-order valence-corrected chi connectivity index (χ1v) is 11.3. The van der Waals surface area contributed by atoms with E-state index in [1.54, 1.807) is 11.8 Å². The molecule has 0 aliphatic heterocycles. The zero-order chi connectivity index (χ0) is 23.9. The quantitative estimate of drug-likeness (QED) is 0.608. The molecule has 2 amide bonds. The van der Waals surface area contributed by atoms with Crippen molar-refractivity contribution in [1.82, 2.24) is 10.2 Å². The van der Waals surface area contributed by atoms with E-state index in [-0.39, 0.29) is 23.8 Å². The number of aryl methyl sites for hydroxylation is 1. The summed E-state index contributed by atoms with van der Waals surface area (Å²) in [4.78, 5) is 27.6. The van der Waals surface area contributed by atoms with Crippen molar-refractivity contribution in [3.05, 3.63) is 65.2 Å². The summed E-state index contributed by atoms with van der Waals surface area (Å²) in [6.07, 6.45) is 0. The van der Waals surface area contributed by atoms with Crippen LogP contribution in [0.4, 0.5) is 0 Å². The lowest BCUT2D eigenvalue weighted by Crippen LogP contribution is -2.49. The monoisotopic (exact) mass is 438 g/mol. The van der Waals surface area contributed by atoms with E-state index in [0.717, 1.165) is 16.7 Å². The molecule has 0 bridgehead atoms. The molecule has 0 unspecified atom stereocenters. The van der Waals surface area contributed by atoms with Gasteiger partial charge in [-0.3, -0.25) is 9.59 Å². The maximum absolute atomic E-state index is 13.3. The van der Waals surface area contributed by atoms with E-state index in [9.17, 15) is 9.59 Å². The van der Waals surface area contributed by atoms with E-state index in [1.165, 1.54) is 0 Å². The Bertz CT molecular complexity index is 898. The summed E-state index contributed by atoms with van der Waals surface area (Å²) in [6.45, 7) is 15.0. The second kappa shape index (κ2) is 11.2. The Balaban J connectivity index is 2.20. The number of amides is 2. The minimum atomic E-state index is -0.607. The third kappa shape index (κ3) is 7.40. The lowest BCUT2D eigenvalue weighted by atomic mass is 9.86. The third-order valence-electron chi connectivity index (χ3n) is 5.37. The first kappa shape index (κ1) is 25.4. The van der Waals surface area contributed by atoms with Crippen molar-refractivity contribution in [3.8, 4) is 5.75 Å². The molecule has 0 fully saturated rings. The summed E-state index contributed by atoms with van der Waals surface area (Å²) in [6, 6.07) is 15.2. The van der Waals surface area contributed by atoms with Gasteiger partial charge in [-0.15, -0.1) is 0 Å². The van der Waals surface area contributed by atoms with Crippen LogP contribution in [0.1, 0.15) is 58.2 Å². The topological polar surface area (TPSA) is 58.6 Å². The number of hydrogen-bond acceptors (Lipinski definition) is 3. The molecule has 2 aromatic rings. The Kier molecular flexibility index (Phi) is 8.88. The van der Waals surface area contributed by atoms with E-state index < -0.39 is 6.04 Å². The lowest BCUT2D eigenvalue weighted by Gasteiger charge is -2.29. The molecule has 5 nitrogen and oxygen atoms in total. The normalized spacial score (nSPS) is 12.4. The van der Waals surface area contributed by atoms with E-state index >= 15 is 0 Å². The van der Waals surface area contributed by atoms with E-state index in [2.05, 4.69) is 26.1 Å². The van der Waals surface area contributed by atoms with Crippen LogP contribution >= 0.6 is 0 Å². The van der Waals surface area contributed by atoms with E-state index in [4.69, 9.17) is 4.74 Å². The highest BCUT2D eigenvalue weighted by molar-refractivity contribution is 5.88. The number of benzene rings is 2. The number of carbonyl (C=O) groups excluding carboxylic acids is 2. The molecule has 1 atom stereocenters. The molecule has 5 heteroatoms. The van der Waals surface area contributed by atoms with Gasteiger partial charge < -0.3 is 15.0 Å². The number of para-hydroxylation sites is 1. The molecule has 32 heavy (non-hydrogen) atoms. The molecule has 174 valence electrons. The highest BCUT2D eigenvalue weighted by Crippen LogP contribution is 2.31. The number of rotatable bonds is 9. The zero-order valence-corrected chi connectivity index (χ0v) is 20.6. The highest BCUT2D eigenvalue weighted by atomic mass is 16.5. The fourth-order valence-electron chi connectivity index (χ4n) is 3.36. The fourth-order valence-corrected chi connectivity index (χ4v) is 3.36. The maximum atomic E-state index is 13.3. The largest absolute Gasteiger partial charge is 0.483 e. The van der Waals surface area contributed by atoms with Crippen LogP contribution in [-0.4, -0.2) is 35.9 Å². The fraction of sp³-hybridized carbons (Fsp3) is 0.481. The Morgan fingerprint density at radius 2 is 1.62 bits per heavy atom. The second-order valence-corrected chi connectivity index (χ2v) is 9.86. The smallest absolute Gasteiger partial charge is 0.261 e. The van der Waals surface area contributed by atoms with Crippen molar-refractivity contribution in [2.24, 2.45) is 5.92 Å². The second-order valence-electron chi connectivity index (χ2n) is 9.86. The van der Waals surface area contributed by atoms with Crippen LogP contribution < -0.4 is 10.1 Å². The van der Waals surface area contributed by atoms with Crippen LogP contribution in [0.2, 0.25) is 0 Å². The Labute approximate surface area is 193 Å². The average molecular weight is 439 g/mol. The van der Waals surface area contributed by atoms with Crippen molar-refractivity contribution >= 4 is 11.8 Å². The molecule has 0 spiro atoms. The number of hydrogen-bond donors (Lipinski definition) is 1. The first-order valence-electron chi connectivity index (χ1n) is 11.3. The SMILES string of the molecule is Cc1ccc(CN(C(=O)COc2ccccc2C(C)(C)C)[C@@H](C)C(=O)NCC(C)C)cc1. The van der Waals surface area contributed by atoms with Crippen LogP contribution in [0.15, 0.2) is 48.5 Å². The number of ether oxygens (including phenoxy) is 1. The molecule has 0 radical (unpaired) electrons. The van der Waals surface area contributed by atoms with Gasteiger partial charge in [0.25, 0.3) is 5.91 Å². The Morgan fingerprint density at radius 1 is 1.00 bits per heavy atom. The summed E-state index contributed by atoms with van der Waals surface area (Å²) in [5.41, 5.74) is 3.06. The standard InChI is InChI=1S/C27H38N2O3/c1-19(2)16-28-26(31)21(4)29(17-22-14-12-20(3)13-15-22)25(30)18-32-24-11-9-8-10-23(24)27(5,6)7/h8-15,19,21H,16-18H2,1-7H3,(H,28,31)/t21-/m0/s1. The van der Waals surface area contributed by atoms with Gasteiger partial charge in [0.05, 0.1) is 0 Å². The van der Waals surface area contributed by atoms with E-state index in [0.29, 0.717) is 24.8 Å². The Hall–Kier alpha value is -2.82. The number of nitrogens with one attached hydrogen (secondary N) is 1. The molecule has 2 rings (SSSR count). The molecule has 2 aromatic carbocycles. The van der Waals surface area contributed by atoms with Crippen LogP contribution in [0.5, 0.6) is 5.75 Å². The molecule has 0 aliphatic rings. The van der Waals surface area contributed by atoms with Crippen molar-refractivity contribution in [2.45, 2.75) is 66.5 Å². The molecule has 0 saturated carbocycles. The summed E-state index contributed by atoms with van der Waals surface area (Å²) in [5.74, 6) is 0.654. The minimum absolute atomic E-state index is 0.106. The minimum Gasteiger partial charge on any atom is -0.483 e. The Morgan fingerprint density at radius 3 is 2.22 bits per heavy atom. The zero-order valence-electron chi connectivity index (χ0n) is 20.6. The molecular formula is C27H38N2O3. The molecular weight excluding hydrogens is 400 g/mol. The van der Waals surface area contributed by atoms with Gasteiger partial charge in [0.2, 0.25) is 5.91 Å². The van der Waals surface area contributed by atoms with Gasteiger partial charge >= 0.3 is 0 Å². The predicted molar refractivity (Wildman–Crippen MR) is 130 cm³/mol. The van der Waals surface area contributed by atoms with Crippen LogP contribution in [0, 0.1) is 12.8 Å². The number of nitrogens with zero attached hydrogens (tertiary/aromatic N) is 1. The molecule has 1 N–H and O–H groups in total. The van der Waals surface area contributed by atoms with Gasteiger partial charge in [-0.1, -0.05) is 82.6 Å². The lowest BCUT2D eigenvalue weighted by molar-refractivity contribution is -0.142. The van der Waals surface area contributed by atoms with Gasteiger partial charge in [-0.05, 0) is 42.4 Å². The average Bonchev–Trinajstić information content (AvgIpc) is 2.74. The predicted octanol–water partition coefficient (Wildman–Crippen LogP) is 4.86. The van der Waals surface area contributed by atoms with Crippen molar-refractivity contribution in [3.63, 3.8) is 0 Å². The van der Waals surface area contributed by atoms with Gasteiger partial charge in [-0.25, -0.2) is 0 Å². The van der Waals surface area contributed by atoms with Gasteiger partial charge in [0, 0.05) is 13.1 Å². The molecule has 0 aliphatic carbocycles. The highest BCUT2D eigenvalue weighted by Gasteiger charge is 2.27. The summed E-state index contributed by atoms with van der Waals surface area (Å²) in [5, 5.41) is 2.94. The summed E-state index contributed by atoms with van der Waals surface area (Å²) in [7, 11) is 0. The molecule has 0 saturated heterocycles. The molecule has 0 aromatic heterocycles. The van der Waals surface area contributed by atoms with Crippen LogP contribution in [0.25, 0.3) is 0 Å². The van der Waals surface area contributed by atoms with Gasteiger partial charge in [0.15, 0.2) is 6.61 Å². The van der Waals surface area contributed by atoms with Crippen molar-refractivity contribution in [1.29, 1.82) is 0 Å². The summed E-state index contributed by atoms with van der Waals surface area (Å²) < 4.78 is 5.97. The first-order chi connectivity index (χ1) is 15.0. The van der Waals surface area contributed by atoms with Crippen LogP contribution in [-0.2, 0) is 21.5 Å².